The summed E-state index contributed by atoms with van der Waals surface area (Å²) in [5, 5.41) is 5.46. The Labute approximate surface area is 123 Å². The molecule has 0 aromatic heterocycles. The van der Waals surface area contributed by atoms with Gasteiger partial charge in [0.15, 0.2) is 0 Å². The minimum Gasteiger partial charge on any atom is -0.497 e. The molecule has 6 heteroatoms. The second kappa shape index (κ2) is 6.30. The number of carbonyl (C=O) groups is 2. The van der Waals surface area contributed by atoms with Crippen LogP contribution in [-0.4, -0.2) is 44.0 Å². The Morgan fingerprint density at radius 3 is 2.62 bits per heavy atom. The van der Waals surface area contributed by atoms with Crippen molar-refractivity contribution in [1.82, 2.24) is 10.2 Å². The molecule has 1 fully saturated rings. The third-order valence-corrected chi connectivity index (χ3v) is 3.11. The average molecular weight is 289 g/mol. The van der Waals surface area contributed by atoms with E-state index in [1.165, 1.54) is 0 Å². The molecule has 2 amide bonds. The molecule has 1 aromatic carbocycles. The highest BCUT2D eigenvalue weighted by Gasteiger charge is 2.31. The summed E-state index contributed by atoms with van der Waals surface area (Å²) in [6, 6.07) is 6.50. The second-order valence-electron chi connectivity index (χ2n) is 5.07. The second-order valence-corrected chi connectivity index (χ2v) is 5.07. The van der Waals surface area contributed by atoms with E-state index < -0.39 is 6.04 Å². The molecule has 1 aliphatic rings. The van der Waals surface area contributed by atoms with Crippen LogP contribution in [0.4, 0.5) is 5.69 Å². The molecule has 1 heterocycles. The van der Waals surface area contributed by atoms with E-state index in [0.29, 0.717) is 17.7 Å². The first-order chi connectivity index (χ1) is 9.99. The average Bonchev–Trinajstić information content (AvgIpc) is 2.80. The SMILES string of the molecule is COc1ccc(NC(=O)[C@@H]2C/C(=C\N(C)C)C(=O)N2)cc1. The number of hydrogen-bond acceptors (Lipinski definition) is 4. The molecule has 112 valence electrons. The molecule has 0 aliphatic carbocycles. The van der Waals surface area contributed by atoms with Crippen molar-refractivity contribution < 1.29 is 14.3 Å². The van der Waals surface area contributed by atoms with Crippen molar-refractivity contribution >= 4 is 17.5 Å². The molecule has 2 N–H and O–H groups in total. The van der Waals surface area contributed by atoms with E-state index in [-0.39, 0.29) is 11.8 Å². The van der Waals surface area contributed by atoms with E-state index in [2.05, 4.69) is 10.6 Å². The summed E-state index contributed by atoms with van der Waals surface area (Å²) in [5.74, 6) is 0.299. The maximum absolute atomic E-state index is 12.1. The third-order valence-electron chi connectivity index (χ3n) is 3.11. The summed E-state index contributed by atoms with van der Waals surface area (Å²) >= 11 is 0. The molecule has 0 unspecified atom stereocenters. The monoisotopic (exact) mass is 289 g/mol. The predicted molar refractivity (Wildman–Crippen MR) is 79.9 cm³/mol. The number of hydrogen-bond donors (Lipinski definition) is 2. The zero-order chi connectivity index (χ0) is 15.4. The van der Waals surface area contributed by atoms with Gasteiger partial charge in [0, 0.05) is 38.0 Å². The number of nitrogens with zero attached hydrogens (tertiary/aromatic N) is 1. The molecule has 1 aromatic rings. The van der Waals surface area contributed by atoms with Crippen LogP contribution in [0.5, 0.6) is 5.75 Å². The maximum atomic E-state index is 12.1. The van der Waals surface area contributed by atoms with Crippen LogP contribution in [0.15, 0.2) is 36.0 Å². The van der Waals surface area contributed by atoms with Gasteiger partial charge < -0.3 is 20.3 Å². The van der Waals surface area contributed by atoms with Crippen molar-refractivity contribution in [1.29, 1.82) is 0 Å². The van der Waals surface area contributed by atoms with Gasteiger partial charge in [-0.3, -0.25) is 9.59 Å². The fourth-order valence-corrected chi connectivity index (χ4v) is 2.10. The Bertz CT molecular complexity index is 564. The van der Waals surface area contributed by atoms with Crippen LogP contribution in [-0.2, 0) is 9.59 Å². The van der Waals surface area contributed by atoms with Crippen LogP contribution in [0, 0.1) is 0 Å². The number of amides is 2. The largest absolute Gasteiger partial charge is 0.497 e. The molecule has 0 saturated carbocycles. The molecule has 6 nitrogen and oxygen atoms in total. The first-order valence-corrected chi connectivity index (χ1v) is 6.62. The van der Waals surface area contributed by atoms with E-state index in [1.807, 2.05) is 14.1 Å². The van der Waals surface area contributed by atoms with Crippen LogP contribution in [0.2, 0.25) is 0 Å². The van der Waals surface area contributed by atoms with Gasteiger partial charge in [-0.25, -0.2) is 0 Å². The van der Waals surface area contributed by atoms with Gasteiger partial charge in [-0.15, -0.1) is 0 Å². The quantitative estimate of drug-likeness (QED) is 0.810. The van der Waals surface area contributed by atoms with Crippen molar-refractivity contribution in [3.63, 3.8) is 0 Å². The zero-order valence-corrected chi connectivity index (χ0v) is 12.3. The predicted octanol–water partition coefficient (Wildman–Crippen LogP) is 0.968. The maximum Gasteiger partial charge on any atom is 0.249 e. The lowest BCUT2D eigenvalue weighted by molar-refractivity contribution is -0.121. The molecule has 1 aliphatic heterocycles. The van der Waals surface area contributed by atoms with Gasteiger partial charge in [0.1, 0.15) is 11.8 Å². The minimum atomic E-state index is -0.536. The Morgan fingerprint density at radius 1 is 1.38 bits per heavy atom. The van der Waals surface area contributed by atoms with Crippen LogP contribution >= 0.6 is 0 Å². The molecular formula is C15H19N3O3. The normalized spacial score (nSPS) is 19.3. The highest BCUT2D eigenvalue weighted by molar-refractivity contribution is 6.05. The molecule has 0 bridgehead atoms. The van der Waals surface area contributed by atoms with E-state index in [4.69, 9.17) is 4.74 Å². The summed E-state index contributed by atoms with van der Waals surface area (Å²) < 4.78 is 5.06. The summed E-state index contributed by atoms with van der Waals surface area (Å²) in [7, 11) is 5.26. The van der Waals surface area contributed by atoms with E-state index >= 15 is 0 Å². The van der Waals surface area contributed by atoms with Crippen molar-refractivity contribution in [2.45, 2.75) is 12.5 Å². The van der Waals surface area contributed by atoms with Crippen molar-refractivity contribution in [2.24, 2.45) is 0 Å². The number of benzene rings is 1. The van der Waals surface area contributed by atoms with Crippen LogP contribution in [0.1, 0.15) is 6.42 Å². The van der Waals surface area contributed by atoms with Gasteiger partial charge in [0.25, 0.3) is 0 Å². The molecule has 1 saturated heterocycles. The van der Waals surface area contributed by atoms with Gasteiger partial charge in [0.05, 0.1) is 7.11 Å². The van der Waals surface area contributed by atoms with Crippen LogP contribution in [0.3, 0.4) is 0 Å². The summed E-state index contributed by atoms with van der Waals surface area (Å²) in [4.78, 5) is 25.7. The third kappa shape index (κ3) is 3.75. The number of nitrogens with one attached hydrogen (secondary N) is 2. The number of anilines is 1. The van der Waals surface area contributed by atoms with Gasteiger partial charge in [-0.1, -0.05) is 0 Å². The number of methoxy groups -OCH3 is 1. The Kier molecular flexibility index (Phi) is 4.47. The summed E-state index contributed by atoms with van der Waals surface area (Å²) in [6.45, 7) is 0. The fourth-order valence-electron chi connectivity index (χ4n) is 2.10. The zero-order valence-electron chi connectivity index (χ0n) is 12.3. The topological polar surface area (TPSA) is 70.7 Å². The Hall–Kier alpha value is -2.50. The first-order valence-electron chi connectivity index (χ1n) is 6.62. The van der Waals surface area contributed by atoms with Crippen molar-refractivity contribution in [3.05, 3.63) is 36.0 Å². The van der Waals surface area contributed by atoms with Gasteiger partial charge in [-0.05, 0) is 24.3 Å². The van der Waals surface area contributed by atoms with E-state index in [0.717, 1.165) is 5.75 Å². The van der Waals surface area contributed by atoms with Gasteiger partial charge >= 0.3 is 0 Å². The Balaban J connectivity index is 1.99. The molecule has 2 rings (SSSR count). The smallest absolute Gasteiger partial charge is 0.249 e. The van der Waals surface area contributed by atoms with Crippen LogP contribution < -0.4 is 15.4 Å². The lowest BCUT2D eigenvalue weighted by atomic mass is 10.1. The van der Waals surface area contributed by atoms with Gasteiger partial charge in [-0.2, -0.15) is 0 Å². The molecule has 0 spiro atoms. The number of ether oxygens (including phenoxy) is 1. The van der Waals surface area contributed by atoms with Crippen molar-refractivity contribution in [3.8, 4) is 5.75 Å². The fraction of sp³-hybridized carbons (Fsp3) is 0.333. The standard InChI is InChI=1S/C15H19N3O3/c1-18(2)9-10-8-13(17-14(10)19)15(20)16-11-4-6-12(21-3)7-5-11/h4-7,9,13H,8H2,1-3H3,(H,16,20)(H,17,19)/b10-9+/t13-/m0/s1. The van der Waals surface area contributed by atoms with Crippen molar-refractivity contribution in [2.75, 3.05) is 26.5 Å². The number of rotatable bonds is 4. The lowest BCUT2D eigenvalue weighted by Gasteiger charge is -2.11. The van der Waals surface area contributed by atoms with E-state index in [9.17, 15) is 9.59 Å². The minimum absolute atomic E-state index is 0.196. The molecule has 1 atom stereocenters. The summed E-state index contributed by atoms with van der Waals surface area (Å²) in [6.07, 6.45) is 2.12. The highest BCUT2D eigenvalue weighted by Crippen LogP contribution is 2.18. The first kappa shape index (κ1) is 14.9. The highest BCUT2D eigenvalue weighted by atomic mass is 16.5. The lowest BCUT2D eigenvalue weighted by Crippen LogP contribution is -2.37. The molecular weight excluding hydrogens is 270 g/mol. The molecule has 21 heavy (non-hydrogen) atoms. The Morgan fingerprint density at radius 2 is 2.05 bits per heavy atom. The number of carbonyl (C=O) groups excluding carboxylic acids is 2. The van der Waals surface area contributed by atoms with Crippen LogP contribution in [0.25, 0.3) is 0 Å². The molecule has 0 radical (unpaired) electrons. The summed E-state index contributed by atoms with van der Waals surface area (Å²) in [5.41, 5.74) is 1.27. The van der Waals surface area contributed by atoms with E-state index in [1.54, 1.807) is 42.5 Å². The van der Waals surface area contributed by atoms with Gasteiger partial charge in [0.2, 0.25) is 11.8 Å².